The first-order chi connectivity index (χ1) is 7.06. The van der Waals surface area contributed by atoms with E-state index in [0.717, 1.165) is 25.7 Å². The molecule has 1 saturated carbocycles. The van der Waals surface area contributed by atoms with E-state index in [-0.39, 0.29) is 11.9 Å². The average Bonchev–Trinajstić information content (AvgIpc) is 2.27. The Balaban J connectivity index is 2.45. The third-order valence-corrected chi connectivity index (χ3v) is 3.55. The standard InChI is InChI=1S/C11H23N3O/c1-8(11(15)13-2)14(3)10-6-4-9(12)5-7-10/h8-10H,4-7,12H2,1-3H3,(H,13,15). The second kappa shape index (κ2) is 5.47. The van der Waals surface area contributed by atoms with Crippen LogP contribution < -0.4 is 11.1 Å². The van der Waals surface area contributed by atoms with Gasteiger partial charge < -0.3 is 11.1 Å². The summed E-state index contributed by atoms with van der Waals surface area (Å²) in [5.74, 6) is 0.0902. The van der Waals surface area contributed by atoms with Crippen molar-refractivity contribution >= 4 is 5.91 Å². The highest BCUT2D eigenvalue weighted by Gasteiger charge is 2.27. The minimum absolute atomic E-state index is 0.0469. The van der Waals surface area contributed by atoms with Gasteiger partial charge in [0, 0.05) is 19.1 Å². The predicted molar refractivity (Wildman–Crippen MR) is 61.5 cm³/mol. The number of nitrogens with zero attached hydrogens (tertiary/aromatic N) is 1. The van der Waals surface area contributed by atoms with E-state index in [1.165, 1.54) is 0 Å². The molecule has 0 aromatic carbocycles. The number of amides is 1. The summed E-state index contributed by atoms with van der Waals surface area (Å²) in [7, 11) is 3.71. The van der Waals surface area contributed by atoms with Gasteiger partial charge in [-0.05, 0) is 39.7 Å². The molecule has 0 heterocycles. The van der Waals surface area contributed by atoms with Crippen LogP contribution >= 0.6 is 0 Å². The molecule has 4 heteroatoms. The van der Waals surface area contributed by atoms with Crippen LogP contribution in [0.4, 0.5) is 0 Å². The van der Waals surface area contributed by atoms with Crippen LogP contribution in [0.5, 0.6) is 0 Å². The number of hydrogen-bond donors (Lipinski definition) is 2. The number of nitrogens with one attached hydrogen (secondary N) is 1. The maximum absolute atomic E-state index is 11.5. The van der Waals surface area contributed by atoms with Gasteiger partial charge in [0.2, 0.25) is 5.91 Å². The van der Waals surface area contributed by atoms with Crippen LogP contribution in [-0.2, 0) is 4.79 Å². The van der Waals surface area contributed by atoms with Gasteiger partial charge in [0.25, 0.3) is 0 Å². The van der Waals surface area contributed by atoms with Crippen LogP contribution in [0.2, 0.25) is 0 Å². The number of hydrogen-bond acceptors (Lipinski definition) is 3. The lowest BCUT2D eigenvalue weighted by molar-refractivity contribution is -0.125. The number of carbonyl (C=O) groups is 1. The normalized spacial score (nSPS) is 28.9. The van der Waals surface area contributed by atoms with Crippen molar-refractivity contribution in [2.45, 2.75) is 50.7 Å². The van der Waals surface area contributed by atoms with E-state index in [1.54, 1.807) is 7.05 Å². The Kier molecular flexibility index (Phi) is 4.54. The fraction of sp³-hybridized carbons (Fsp3) is 0.909. The summed E-state index contributed by atoms with van der Waals surface area (Å²) in [5, 5.41) is 2.69. The fourth-order valence-electron chi connectivity index (χ4n) is 2.22. The van der Waals surface area contributed by atoms with Crippen molar-refractivity contribution in [3.8, 4) is 0 Å². The van der Waals surface area contributed by atoms with Gasteiger partial charge in [-0.2, -0.15) is 0 Å². The molecule has 88 valence electrons. The van der Waals surface area contributed by atoms with Crippen LogP contribution in [0.15, 0.2) is 0 Å². The lowest BCUT2D eigenvalue weighted by Gasteiger charge is -2.36. The van der Waals surface area contributed by atoms with E-state index in [1.807, 2.05) is 14.0 Å². The molecular formula is C11H23N3O. The molecule has 0 aromatic rings. The molecule has 0 bridgehead atoms. The van der Waals surface area contributed by atoms with Crippen molar-refractivity contribution in [2.24, 2.45) is 5.73 Å². The summed E-state index contributed by atoms with van der Waals surface area (Å²) < 4.78 is 0. The van der Waals surface area contributed by atoms with Gasteiger partial charge in [0.1, 0.15) is 0 Å². The van der Waals surface area contributed by atoms with Crippen molar-refractivity contribution in [1.82, 2.24) is 10.2 Å². The molecule has 1 rings (SSSR count). The number of nitrogens with two attached hydrogens (primary N) is 1. The Labute approximate surface area is 92.2 Å². The lowest BCUT2D eigenvalue weighted by Crippen LogP contribution is -2.48. The van der Waals surface area contributed by atoms with Crippen molar-refractivity contribution in [3.05, 3.63) is 0 Å². The minimum atomic E-state index is -0.0469. The molecule has 0 radical (unpaired) electrons. The Morgan fingerprint density at radius 2 is 1.93 bits per heavy atom. The molecular weight excluding hydrogens is 190 g/mol. The Morgan fingerprint density at radius 3 is 2.40 bits per heavy atom. The molecule has 1 fully saturated rings. The van der Waals surface area contributed by atoms with Crippen LogP contribution in [0, 0.1) is 0 Å². The average molecular weight is 213 g/mol. The predicted octanol–water partition coefficient (Wildman–Crippen LogP) is 0.323. The molecule has 4 nitrogen and oxygen atoms in total. The number of rotatable bonds is 3. The number of likely N-dealkylation sites (N-methyl/N-ethyl adjacent to an activating group) is 2. The maximum Gasteiger partial charge on any atom is 0.236 e. The largest absolute Gasteiger partial charge is 0.358 e. The van der Waals surface area contributed by atoms with Crippen LogP contribution in [0.1, 0.15) is 32.6 Å². The highest BCUT2D eigenvalue weighted by atomic mass is 16.2. The summed E-state index contributed by atoms with van der Waals surface area (Å²) in [4.78, 5) is 13.7. The van der Waals surface area contributed by atoms with E-state index >= 15 is 0 Å². The van der Waals surface area contributed by atoms with Gasteiger partial charge in [-0.25, -0.2) is 0 Å². The smallest absolute Gasteiger partial charge is 0.236 e. The van der Waals surface area contributed by atoms with Gasteiger partial charge >= 0.3 is 0 Å². The molecule has 0 aliphatic heterocycles. The van der Waals surface area contributed by atoms with Gasteiger partial charge in [0.15, 0.2) is 0 Å². The summed E-state index contributed by atoms with van der Waals surface area (Å²) in [6.45, 7) is 1.95. The second-order valence-electron chi connectivity index (χ2n) is 4.52. The molecule has 1 aliphatic rings. The monoisotopic (exact) mass is 213 g/mol. The molecule has 1 unspecified atom stereocenters. The van der Waals surface area contributed by atoms with E-state index < -0.39 is 0 Å². The minimum Gasteiger partial charge on any atom is -0.358 e. The molecule has 1 amide bonds. The van der Waals surface area contributed by atoms with Crippen molar-refractivity contribution in [2.75, 3.05) is 14.1 Å². The molecule has 1 atom stereocenters. The van der Waals surface area contributed by atoms with Crippen molar-refractivity contribution in [3.63, 3.8) is 0 Å². The quantitative estimate of drug-likeness (QED) is 0.710. The molecule has 3 N–H and O–H groups in total. The van der Waals surface area contributed by atoms with Gasteiger partial charge in [-0.1, -0.05) is 0 Å². The van der Waals surface area contributed by atoms with E-state index in [4.69, 9.17) is 5.73 Å². The summed E-state index contributed by atoms with van der Waals surface area (Å²) in [6, 6.07) is 0.830. The van der Waals surface area contributed by atoms with Crippen LogP contribution in [0.3, 0.4) is 0 Å². The van der Waals surface area contributed by atoms with Crippen molar-refractivity contribution in [1.29, 1.82) is 0 Å². The first kappa shape index (κ1) is 12.5. The Morgan fingerprint density at radius 1 is 1.40 bits per heavy atom. The van der Waals surface area contributed by atoms with Crippen LogP contribution in [0.25, 0.3) is 0 Å². The summed E-state index contributed by atoms with van der Waals surface area (Å²) in [5.41, 5.74) is 5.86. The zero-order chi connectivity index (χ0) is 11.4. The van der Waals surface area contributed by atoms with Gasteiger partial charge in [-0.3, -0.25) is 9.69 Å². The fourth-order valence-corrected chi connectivity index (χ4v) is 2.22. The molecule has 15 heavy (non-hydrogen) atoms. The highest BCUT2D eigenvalue weighted by Crippen LogP contribution is 2.22. The first-order valence-corrected chi connectivity index (χ1v) is 5.75. The van der Waals surface area contributed by atoms with Crippen LogP contribution in [-0.4, -0.2) is 43.0 Å². The van der Waals surface area contributed by atoms with Gasteiger partial charge in [-0.15, -0.1) is 0 Å². The molecule has 0 saturated heterocycles. The molecule has 0 aromatic heterocycles. The zero-order valence-corrected chi connectivity index (χ0v) is 9.99. The molecule has 0 spiro atoms. The second-order valence-corrected chi connectivity index (χ2v) is 4.52. The number of carbonyl (C=O) groups excluding carboxylic acids is 1. The van der Waals surface area contributed by atoms with Crippen molar-refractivity contribution < 1.29 is 4.79 Å². The maximum atomic E-state index is 11.5. The lowest BCUT2D eigenvalue weighted by atomic mass is 9.90. The third kappa shape index (κ3) is 3.18. The Bertz CT molecular complexity index is 212. The zero-order valence-electron chi connectivity index (χ0n) is 9.99. The Hall–Kier alpha value is -0.610. The SMILES string of the molecule is CNC(=O)C(C)N(C)C1CCC(N)CC1. The topological polar surface area (TPSA) is 58.4 Å². The van der Waals surface area contributed by atoms with Gasteiger partial charge in [0.05, 0.1) is 6.04 Å². The first-order valence-electron chi connectivity index (χ1n) is 5.75. The summed E-state index contributed by atoms with van der Waals surface area (Å²) >= 11 is 0. The highest BCUT2D eigenvalue weighted by molar-refractivity contribution is 5.80. The van der Waals surface area contributed by atoms with E-state index in [9.17, 15) is 4.79 Å². The summed E-state index contributed by atoms with van der Waals surface area (Å²) in [6.07, 6.45) is 4.38. The van der Waals surface area contributed by atoms with E-state index in [2.05, 4.69) is 10.2 Å². The van der Waals surface area contributed by atoms with E-state index in [0.29, 0.717) is 12.1 Å². The molecule has 1 aliphatic carbocycles. The third-order valence-electron chi connectivity index (χ3n) is 3.55.